The molecule has 0 spiro atoms. The van der Waals surface area contributed by atoms with Crippen LogP contribution in [0.5, 0.6) is 0 Å². The van der Waals surface area contributed by atoms with Crippen molar-refractivity contribution >= 4 is 19.8 Å². The Bertz CT molecular complexity index is 1960. The first-order valence-corrected chi connectivity index (χ1v) is 41.1. The highest BCUT2D eigenvalue weighted by molar-refractivity contribution is 7.45. The summed E-state index contributed by atoms with van der Waals surface area (Å²) in [7, 11) is 1.14. The van der Waals surface area contributed by atoms with Gasteiger partial charge in [-0.25, -0.2) is 0 Å². The lowest BCUT2D eigenvalue weighted by Crippen LogP contribution is -2.37. The molecule has 0 aliphatic carbocycles. The molecule has 10 heteroatoms. The van der Waals surface area contributed by atoms with E-state index in [4.69, 9.17) is 18.5 Å². The van der Waals surface area contributed by atoms with Gasteiger partial charge in [0.15, 0.2) is 6.10 Å². The maximum Gasteiger partial charge on any atom is 0.306 e. The highest BCUT2D eigenvalue weighted by Gasteiger charge is 2.22. The fraction of sp³-hybridized carbons (Fsp3) is 0.762. The van der Waals surface area contributed by atoms with Crippen LogP contribution in [0.2, 0.25) is 0 Å². The SMILES string of the molecule is CC/C=C\C/C=C\C/C=C\C/C=C\C/C=C\C/C=C\C/C=C\C/C=C\C/C=C\CCCCCC(=O)OC(COC(=O)CCCCCCCCCCCCCCCCCCCCCCCCCCCCCCCCCCCCCCCCC)COP(=O)([O-])OCC[N+](C)(C)C. The van der Waals surface area contributed by atoms with Gasteiger partial charge in [0.25, 0.3) is 7.82 Å². The van der Waals surface area contributed by atoms with Gasteiger partial charge >= 0.3 is 11.9 Å². The van der Waals surface area contributed by atoms with Crippen LogP contribution in [0.1, 0.15) is 361 Å². The highest BCUT2D eigenvalue weighted by Crippen LogP contribution is 2.38. The largest absolute Gasteiger partial charge is 0.756 e. The van der Waals surface area contributed by atoms with Gasteiger partial charge in [0, 0.05) is 12.8 Å². The van der Waals surface area contributed by atoms with Crippen molar-refractivity contribution in [2.45, 2.75) is 367 Å². The number of unbranched alkanes of at least 4 members (excludes halogenated alkanes) is 41. The van der Waals surface area contributed by atoms with Gasteiger partial charge < -0.3 is 27.9 Å². The van der Waals surface area contributed by atoms with Crippen molar-refractivity contribution < 1.29 is 42.1 Å². The Morgan fingerprint density at radius 3 is 0.904 bits per heavy atom. The molecular weight excluding hydrogens is 1180 g/mol. The Labute approximate surface area is 582 Å². The van der Waals surface area contributed by atoms with Crippen molar-refractivity contribution in [1.29, 1.82) is 0 Å². The minimum Gasteiger partial charge on any atom is -0.756 e. The molecular formula is C84H150NO8P. The van der Waals surface area contributed by atoms with E-state index in [9.17, 15) is 19.0 Å². The fourth-order valence-electron chi connectivity index (χ4n) is 11.3. The predicted octanol–water partition coefficient (Wildman–Crippen LogP) is 25.8. The van der Waals surface area contributed by atoms with Crippen LogP contribution in [0.4, 0.5) is 0 Å². The van der Waals surface area contributed by atoms with Gasteiger partial charge in [0.05, 0.1) is 27.7 Å². The summed E-state index contributed by atoms with van der Waals surface area (Å²) in [4.78, 5) is 38.1. The maximum absolute atomic E-state index is 12.9. The molecule has 0 saturated carbocycles. The lowest BCUT2D eigenvalue weighted by molar-refractivity contribution is -0.870. The number of rotatable bonds is 73. The molecule has 0 aliphatic heterocycles. The average molecular weight is 1330 g/mol. The number of nitrogens with zero attached hydrogens (tertiary/aromatic N) is 1. The van der Waals surface area contributed by atoms with Crippen molar-refractivity contribution in [2.24, 2.45) is 0 Å². The number of hydrogen-bond donors (Lipinski definition) is 0. The third-order valence-electron chi connectivity index (χ3n) is 17.3. The van der Waals surface area contributed by atoms with E-state index < -0.39 is 26.5 Å². The van der Waals surface area contributed by atoms with Gasteiger partial charge in [0.2, 0.25) is 0 Å². The molecule has 0 saturated heterocycles. The van der Waals surface area contributed by atoms with Gasteiger partial charge in [-0.15, -0.1) is 0 Å². The van der Waals surface area contributed by atoms with E-state index in [0.717, 1.165) is 96.3 Å². The van der Waals surface area contributed by atoms with Crippen LogP contribution >= 0.6 is 7.82 Å². The van der Waals surface area contributed by atoms with Crippen LogP contribution in [0.3, 0.4) is 0 Å². The highest BCUT2D eigenvalue weighted by atomic mass is 31.2. The molecule has 9 nitrogen and oxygen atoms in total. The zero-order valence-electron chi connectivity index (χ0n) is 62.1. The molecule has 2 atom stereocenters. The Morgan fingerprint density at radius 1 is 0.340 bits per heavy atom. The molecule has 0 radical (unpaired) electrons. The van der Waals surface area contributed by atoms with Crippen molar-refractivity contribution in [1.82, 2.24) is 0 Å². The molecule has 544 valence electrons. The van der Waals surface area contributed by atoms with E-state index in [1.807, 2.05) is 21.1 Å². The normalized spacial score (nSPS) is 13.6. The standard InChI is InChI=1S/C84H150NO8P/c1-6-8-10-12-14-16-18-20-22-24-26-28-30-32-34-36-38-39-40-41-42-43-44-45-47-48-50-52-54-56-58-60-62-64-66-68-70-72-74-76-83(86)90-80-82(81-92-94(88,89)91-79-78-85(3,4)5)93-84(87)77-75-73-71-69-67-65-63-61-59-57-55-53-51-49-46-37-35-33-31-29-27-25-23-21-19-17-15-13-11-9-7-2/h9,11,15,17,21,23,27,29,33,35,46,49,53,55,59,61,65,67,82H,6-8,10,12-14,16,18-20,22,24-26,28,30-32,34,36-45,47-48,50-52,54,56-58,60,62-64,66,68-81H2,1-5H3/b11-9-,17-15-,23-21-,29-27-,35-33-,49-46-,55-53-,61-59-,67-65-. The van der Waals surface area contributed by atoms with Crippen LogP contribution in [-0.4, -0.2) is 70.0 Å². The second kappa shape index (κ2) is 73.9. The van der Waals surface area contributed by atoms with Gasteiger partial charge in [-0.05, 0) is 83.5 Å². The lowest BCUT2D eigenvalue weighted by atomic mass is 10.0. The molecule has 0 fully saturated rings. The van der Waals surface area contributed by atoms with Crippen molar-refractivity contribution in [3.63, 3.8) is 0 Å². The number of esters is 2. The van der Waals surface area contributed by atoms with Crippen molar-refractivity contribution in [2.75, 3.05) is 47.5 Å². The van der Waals surface area contributed by atoms with E-state index in [1.54, 1.807) is 0 Å². The first-order chi connectivity index (χ1) is 46.0. The number of likely N-dealkylation sites (N-methyl/N-ethyl adjacent to an activating group) is 1. The summed E-state index contributed by atoms with van der Waals surface area (Å²) >= 11 is 0. The third-order valence-corrected chi connectivity index (χ3v) is 18.3. The first kappa shape index (κ1) is 90.7. The topological polar surface area (TPSA) is 111 Å². The van der Waals surface area contributed by atoms with E-state index in [0.29, 0.717) is 17.4 Å². The summed E-state index contributed by atoms with van der Waals surface area (Å²) < 4.78 is 34.3. The molecule has 0 aromatic heterocycles. The van der Waals surface area contributed by atoms with Crippen LogP contribution < -0.4 is 4.89 Å². The number of hydrogen-bond acceptors (Lipinski definition) is 8. The number of phosphoric acid groups is 1. The van der Waals surface area contributed by atoms with Crippen LogP contribution in [-0.2, 0) is 32.7 Å². The first-order valence-electron chi connectivity index (χ1n) is 39.6. The molecule has 0 aliphatic rings. The molecule has 0 heterocycles. The van der Waals surface area contributed by atoms with Gasteiger partial charge in [-0.3, -0.25) is 14.2 Å². The fourth-order valence-corrected chi connectivity index (χ4v) is 12.0. The van der Waals surface area contributed by atoms with E-state index in [-0.39, 0.29) is 32.0 Å². The molecule has 2 unspecified atom stereocenters. The quantitative estimate of drug-likeness (QED) is 0.0195. The zero-order chi connectivity index (χ0) is 68.3. The van der Waals surface area contributed by atoms with Crippen LogP contribution in [0, 0.1) is 0 Å². The molecule has 0 aromatic carbocycles. The van der Waals surface area contributed by atoms with Crippen LogP contribution in [0.15, 0.2) is 109 Å². The summed E-state index contributed by atoms with van der Waals surface area (Å²) in [5, 5.41) is 0. The smallest absolute Gasteiger partial charge is 0.306 e. The van der Waals surface area contributed by atoms with Gasteiger partial charge in [-0.2, -0.15) is 0 Å². The predicted molar refractivity (Wildman–Crippen MR) is 406 cm³/mol. The molecule has 0 amide bonds. The molecule has 94 heavy (non-hydrogen) atoms. The number of carbonyl (C=O) groups is 2. The molecule has 0 N–H and O–H groups in total. The second-order valence-corrected chi connectivity index (χ2v) is 29.1. The number of phosphoric ester groups is 1. The summed E-state index contributed by atoms with van der Waals surface area (Å²) in [6.45, 7) is 4.12. The van der Waals surface area contributed by atoms with Gasteiger partial charge in [0.1, 0.15) is 19.8 Å². The van der Waals surface area contributed by atoms with Gasteiger partial charge in [-0.1, -0.05) is 374 Å². The van der Waals surface area contributed by atoms with Crippen molar-refractivity contribution in [3.8, 4) is 0 Å². The third kappa shape index (κ3) is 77.7. The monoisotopic (exact) mass is 1330 g/mol. The number of ether oxygens (including phenoxy) is 2. The average Bonchev–Trinajstić information content (AvgIpc) is 1.66. The molecule has 0 rings (SSSR count). The summed E-state index contributed by atoms with van der Waals surface area (Å²) in [5.74, 6) is -0.865. The van der Waals surface area contributed by atoms with E-state index in [2.05, 4.69) is 123 Å². The summed E-state index contributed by atoms with van der Waals surface area (Å²) in [6.07, 6.45) is 105. The Balaban J connectivity index is 4.00. The molecule has 0 bridgehead atoms. The second-order valence-electron chi connectivity index (χ2n) is 27.7. The molecule has 0 aromatic rings. The number of carbonyl (C=O) groups excluding carboxylic acids is 2. The summed E-state index contributed by atoms with van der Waals surface area (Å²) in [5.41, 5.74) is 0. The zero-order valence-corrected chi connectivity index (χ0v) is 63.0. The minimum atomic E-state index is -4.66. The van der Waals surface area contributed by atoms with Crippen LogP contribution in [0.25, 0.3) is 0 Å². The van der Waals surface area contributed by atoms with Crippen molar-refractivity contribution in [3.05, 3.63) is 109 Å². The van der Waals surface area contributed by atoms with E-state index >= 15 is 0 Å². The minimum absolute atomic E-state index is 0.0418. The Hall–Kier alpha value is -3.33. The van der Waals surface area contributed by atoms with E-state index in [1.165, 1.54) is 231 Å². The summed E-state index contributed by atoms with van der Waals surface area (Å²) in [6, 6.07) is 0. The number of quaternary nitrogens is 1. The maximum atomic E-state index is 12.9. The Kier molecular flexibility index (Phi) is 71.3. The lowest BCUT2D eigenvalue weighted by Gasteiger charge is -2.28. The number of allylic oxidation sites excluding steroid dienone is 18. The Morgan fingerprint density at radius 2 is 0.606 bits per heavy atom.